The number of nitrogens with one attached hydrogen (secondary N) is 2. The summed E-state index contributed by atoms with van der Waals surface area (Å²) in [6.07, 6.45) is 2.41. The Labute approximate surface area is 142 Å². The summed E-state index contributed by atoms with van der Waals surface area (Å²) in [7, 11) is 0. The Morgan fingerprint density at radius 2 is 1.96 bits per heavy atom. The Morgan fingerprint density at radius 3 is 2.58 bits per heavy atom. The predicted molar refractivity (Wildman–Crippen MR) is 85.8 cm³/mol. The van der Waals surface area contributed by atoms with Gasteiger partial charge in [0.05, 0.1) is 18.9 Å². The molecule has 1 aromatic heterocycles. The fourth-order valence-corrected chi connectivity index (χ4v) is 3.23. The molecule has 1 saturated carbocycles. The molecule has 2 amide bonds. The minimum Gasteiger partial charge on any atom is -0.481 e. The fourth-order valence-electron chi connectivity index (χ4n) is 2.51. The van der Waals surface area contributed by atoms with E-state index in [0.717, 1.165) is 11.3 Å². The van der Waals surface area contributed by atoms with Crippen molar-refractivity contribution in [2.24, 2.45) is 5.92 Å². The van der Waals surface area contributed by atoms with E-state index in [4.69, 9.17) is 9.84 Å². The molecule has 1 aromatic rings. The molecule has 0 bridgehead atoms. The summed E-state index contributed by atoms with van der Waals surface area (Å²) in [6, 6.07) is -0.458. The van der Waals surface area contributed by atoms with Gasteiger partial charge in [0.1, 0.15) is 5.01 Å². The van der Waals surface area contributed by atoms with Crippen LogP contribution in [0.25, 0.3) is 0 Å². The number of carbonyl (C=O) groups is 3. The van der Waals surface area contributed by atoms with Crippen LogP contribution in [0.4, 0.5) is 9.93 Å². The van der Waals surface area contributed by atoms with E-state index in [1.165, 1.54) is 0 Å². The number of aromatic nitrogens is 2. The molecule has 3 N–H and O–H groups in total. The summed E-state index contributed by atoms with van der Waals surface area (Å²) >= 11 is 1.11. The average molecular weight is 356 g/mol. The van der Waals surface area contributed by atoms with Gasteiger partial charge in [-0.2, -0.15) is 0 Å². The third-order valence-corrected chi connectivity index (χ3v) is 4.54. The van der Waals surface area contributed by atoms with Crippen LogP contribution < -0.4 is 10.6 Å². The van der Waals surface area contributed by atoms with Crippen LogP contribution in [0.3, 0.4) is 0 Å². The van der Waals surface area contributed by atoms with Gasteiger partial charge in [0, 0.05) is 6.04 Å². The number of carboxylic acids is 1. The van der Waals surface area contributed by atoms with E-state index in [1.54, 1.807) is 6.92 Å². The number of hydrogen-bond acceptors (Lipinski definition) is 7. The minimum atomic E-state index is -0.777. The van der Waals surface area contributed by atoms with Gasteiger partial charge in [0.2, 0.25) is 5.13 Å². The van der Waals surface area contributed by atoms with Crippen LogP contribution >= 0.6 is 11.3 Å². The van der Waals surface area contributed by atoms with Gasteiger partial charge in [-0.15, -0.1) is 10.2 Å². The number of esters is 1. The lowest BCUT2D eigenvalue weighted by Gasteiger charge is -2.26. The molecular formula is C14H20N4O5S. The van der Waals surface area contributed by atoms with Gasteiger partial charge in [-0.05, 0) is 32.6 Å². The van der Waals surface area contributed by atoms with Gasteiger partial charge in [0.15, 0.2) is 0 Å². The summed E-state index contributed by atoms with van der Waals surface area (Å²) in [5.41, 5.74) is 0. The van der Waals surface area contributed by atoms with E-state index >= 15 is 0 Å². The molecule has 2 rings (SSSR count). The first-order chi connectivity index (χ1) is 11.5. The minimum absolute atomic E-state index is 0.0218. The maximum atomic E-state index is 11.9. The second kappa shape index (κ2) is 8.57. The van der Waals surface area contributed by atoms with E-state index < -0.39 is 12.0 Å². The molecule has 0 spiro atoms. The summed E-state index contributed by atoms with van der Waals surface area (Å²) in [5, 5.41) is 22.7. The first-order valence-electron chi connectivity index (χ1n) is 7.76. The number of aliphatic carboxylic acids is 1. The molecule has 1 aliphatic rings. The van der Waals surface area contributed by atoms with E-state index in [9.17, 15) is 14.4 Å². The zero-order valence-corrected chi connectivity index (χ0v) is 14.1. The lowest BCUT2D eigenvalue weighted by molar-refractivity contribution is -0.143. The summed E-state index contributed by atoms with van der Waals surface area (Å²) in [4.78, 5) is 34.2. The molecule has 9 nitrogen and oxygen atoms in total. The number of nitrogens with zero attached hydrogens (tertiary/aromatic N) is 2. The van der Waals surface area contributed by atoms with Crippen LogP contribution in [0.15, 0.2) is 0 Å². The SMILES string of the molecule is CCOC(=O)Cc1nnc(NC(=O)NC2CCC(C(=O)O)CC2)s1. The number of carbonyl (C=O) groups excluding carboxylic acids is 2. The van der Waals surface area contributed by atoms with E-state index in [0.29, 0.717) is 42.4 Å². The third-order valence-electron chi connectivity index (χ3n) is 3.70. The number of urea groups is 1. The van der Waals surface area contributed by atoms with Crippen molar-refractivity contribution in [1.29, 1.82) is 0 Å². The first-order valence-corrected chi connectivity index (χ1v) is 8.58. The van der Waals surface area contributed by atoms with Gasteiger partial charge in [-0.3, -0.25) is 14.9 Å². The summed E-state index contributed by atoms with van der Waals surface area (Å²) < 4.78 is 4.82. The Bertz CT molecular complexity index is 598. The zero-order valence-electron chi connectivity index (χ0n) is 13.3. The molecule has 0 aromatic carbocycles. The molecular weight excluding hydrogens is 336 g/mol. The third kappa shape index (κ3) is 5.44. The van der Waals surface area contributed by atoms with Crippen molar-refractivity contribution in [1.82, 2.24) is 15.5 Å². The lowest BCUT2D eigenvalue weighted by atomic mass is 9.86. The molecule has 0 aliphatic heterocycles. The number of ether oxygens (including phenoxy) is 1. The summed E-state index contributed by atoms with van der Waals surface area (Å²) in [6.45, 7) is 2.02. The zero-order chi connectivity index (χ0) is 17.5. The van der Waals surface area contributed by atoms with Gasteiger partial charge in [-0.1, -0.05) is 11.3 Å². The van der Waals surface area contributed by atoms with Gasteiger partial charge in [-0.25, -0.2) is 4.79 Å². The van der Waals surface area contributed by atoms with Crippen molar-refractivity contribution in [3.05, 3.63) is 5.01 Å². The van der Waals surface area contributed by atoms with Crippen LogP contribution in [0.2, 0.25) is 0 Å². The van der Waals surface area contributed by atoms with Gasteiger partial charge >= 0.3 is 18.0 Å². The number of carboxylic acid groups (broad SMARTS) is 1. The highest BCUT2D eigenvalue weighted by Gasteiger charge is 2.26. The Hall–Kier alpha value is -2.23. The Morgan fingerprint density at radius 1 is 1.25 bits per heavy atom. The van der Waals surface area contributed by atoms with Gasteiger partial charge in [0.25, 0.3) is 0 Å². The van der Waals surface area contributed by atoms with E-state index in [-0.39, 0.29) is 24.3 Å². The first kappa shape index (κ1) is 18.1. The Balaban J connectivity index is 1.76. The topological polar surface area (TPSA) is 131 Å². The van der Waals surface area contributed by atoms with E-state index in [2.05, 4.69) is 20.8 Å². The fraction of sp³-hybridized carbons (Fsp3) is 0.643. The van der Waals surface area contributed by atoms with Crippen molar-refractivity contribution in [3.63, 3.8) is 0 Å². The van der Waals surface area contributed by atoms with Crippen molar-refractivity contribution < 1.29 is 24.2 Å². The molecule has 0 atom stereocenters. The van der Waals surface area contributed by atoms with Crippen LogP contribution in [-0.2, 0) is 20.7 Å². The smallest absolute Gasteiger partial charge is 0.321 e. The highest BCUT2D eigenvalue weighted by Crippen LogP contribution is 2.24. The molecule has 132 valence electrons. The van der Waals surface area contributed by atoms with Gasteiger partial charge < -0.3 is 15.2 Å². The van der Waals surface area contributed by atoms with Crippen LogP contribution in [0, 0.1) is 5.92 Å². The highest BCUT2D eigenvalue weighted by molar-refractivity contribution is 7.15. The normalized spacial score (nSPS) is 20.2. The maximum Gasteiger partial charge on any atom is 0.321 e. The molecule has 24 heavy (non-hydrogen) atoms. The molecule has 1 heterocycles. The van der Waals surface area contributed by atoms with Crippen molar-refractivity contribution in [2.75, 3.05) is 11.9 Å². The largest absolute Gasteiger partial charge is 0.481 e. The van der Waals surface area contributed by atoms with Crippen molar-refractivity contribution >= 4 is 34.4 Å². The second-order valence-corrected chi connectivity index (χ2v) is 6.53. The van der Waals surface area contributed by atoms with Crippen molar-refractivity contribution in [2.45, 2.75) is 45.1 Å². The Kier molecular flexibility index (Phi) is 6.47. The molecule has 10 heteroatoms. The number of amides is 2. The quantitative estimate of drug-likeness (QED) is 0.657. The van der Waals surface area contributed by atoms with Crippen LogP contribution in [-0.4, -0.2) is 45.9 Å². The second-order valence-electron chi connectivity index (χ2n) is 5.47. The molecule has 0 unspecified atom stereocenters. The molecule has 1 aliphatic carbocycles. The molecule has 0 radical (unpaired) electrons. The highest BCUT2D eigenvalue weighted by atomic mass is 32.1. The standard InChI is InChI=1S/C14H20N4O5S/c1-2-23-11(19)7-10-17-18-14(24-10)16-13(22)15-9-5-3-8(4-6-9)12(20)21/h8-9H,2-7H2,1H3,(H,20,21)(H2,15,16,18,22). The van der Waals surface area contributed by atoms with E-state index in [1.807, 2.05) is 0 Å². The molecule has 1 fully saturated rings. The maximum absolute atomic E-state index is 11.9. The summed E-state index contributed by atoms with van der Waals surface area (Å²) in [5.74, 6) is -1.49. The monoisotopic (exact) mass is 356 g/mol. The molecule has 0 saturated heterocycles. The van der Waals surface area contributed by atoms with Crippen LogP contribution in [0.1, 0.15) is 37.6 Å². The van der Waals surface area contributed by atoms with Crippen LogP contribution in [0.5, 0.6) is 0 Å². The predicted octanol–water partition coefficient (Wildman–Crippen LogP) is 1.41. The number of rotatable bonds is 6. The lowest BCUT2D eigenvalue weighted by Crippen LogP contribution is -2.40. The number of anilines is 1. The van der Waals surface area contributed by atoms with Crippen molar-refractivity contribution in [3.8, 4) is 0 Å². The average Bonchev–Trinajstić information content (AvgIpc) is 2.94. The number of hydrogen-bond donors (Lipinski definition) is 3.